The maximum atomic E-state index is 5.98. The first-order valence-electron chi connectivity index (χ1n) is 6.80. The van der Waals surface area contributed by atoms with Crippen LogP contribution in [0.1, 0.15) is 38.5 Å². The first-order chi connectivity index (χ1) is 7.95. The molecule has 3 saturated heterocycles. The lowest BCUT2D eigenvalue weighted by molar-refractivity contribution is -0.0318. The van der Waals surface area contributed by atoms with Gasteiger partial charge in [-0.05, 0) is 44.3 Å². The summed E-state index contributed by atoms with van der Waals surface area (Å²) in [6.45, 7) is 1.98. The van der Waals surface area contributed by atoms with Crippen LogP contribution in [0.15, 0.2) is 0 Å². The Kier molecular flexibility index (Phi) is 3.75. The molecule has 0 N–H and O–H groups in total. The van der Waals surface area contributed by atoms with E-state index in [1.54, 1.807) is 0 Å². The average Bonchev–Trinajstić information content (AvgIpc) is 3.01. The zero-order valence-corrected chi connectivity index (χ0v) is 10.7. The Labute approximate surface area is 102 Å². The zero-order chi connectivity index (χ0) is 10.8. The van der Waals surface area contributed by atoms with E-state index in [0.717, 1.165) is 24.4 Å². The van der Waals surface area contributed by atoms with Gasteiger partial charge in [-0.3, -0.25) is 0 Å². The van der Waals surface area contributed by atoms with E-state index in [4.69, 9.17) is 9.47 Å². The number of hydrogen-bond donors (Lipinski definition) is 0. The zero-order valence-electron chi connectivity index (χ0n) is 9.90. The van der Waals surface area contributed by atoms with Crippen LogP contribution in [-0.2, 0) is 9.47 Å². The Hall–Kier alpha value is 0.270. The largest absolute Gasteiger partial charge is 0.378 e. The van der Waals surface area contributed by atoms with Crippen LogP contribution in [-0.4, -0.2) is 36.4 Å². The molecule has 4 atom stereocenters. The van der Waals surface area contributed by atoms with Crippen molar-refractivity contribution in [2.75, 3.05) is 19.0 Å². The second-order valence-corrected chi connectivity index (χ2v) is 6.53. The molecular weight excluding hydrogens is 220 g/mol. The summed E-state index contributed by atoms with van der Waals surface area (Å²) in [6.07, 6.45) is 8.88. The van der Waals surface area contributed by atoms with Crippen molar-refractivity contribution in [2.24, 2.45) is 5.92 Å². The minimum absolute atomic E-state index is 0.531. The molecule has 0 radical (unpaired) electrons. The van der Waals surface area contributed by atoms with E-state index in [2.05, 4.69) is 11.8 Å². The van der Waals surface area contributed by atoms with E-state index in [1.165, 1.54) is 44.3 Å². The van der Waals surface area contributed by atoms with Gasteiger partial charge in [-0.15, -0.1) is 0 Å². The van der Waals surface area contributed by atoms with Gasteiger partial charge in [-0.1, -0.05) is 0 Å². The third-order valence-electron chi connectivity index (χ3n) is 4.21. The van der Waals surface area contributed by atoms with Gasteiger partial charge < -0.3 is 9.47 Å². The molecular formula is C13H22O2S. The Morgan fingerprint density at radius 3 is 2.38 bits per heavy atom. The molecule has 0 saturated carbocycles. The number of ether oxygens (including phenoxy) is 2. The summed E-state index contributed by atoms with van der Waals surface area (Å²) < 4.78 is 11.9. The van der Waals surface area contributed by atoms with E-state index < -0.39 is 0 Å². The monoisotopic (exact) mass is 242 g/mol. The lowest BCUT2D eigenvalue weighted by Crippen LogP contribution is -2.37. The predicted octanol–water partition coefficient (Wildman–Crippen LogP) is 2.86. The van der Waals surface area contributed by atoms with Gasteiger partial charge in [-0.25, -0.2) is 0 Å². The number of rotatable bonds is 2. The molecule has 3 fully saturated rings. The highest BCUT2D eigenvalue weighted by Gasteiger charge is 2.41. The summed E-state index contributed by atoms with van der Waals surface area (Å²) in [5.74, 6) is 2.09. The Bertz CT molecular complexity index is 222. The first kappa shape index (κ1) is 11.4. The molecule has 0 aromatic heterocycles. The molecule has 0 aromatic rings. The van der Waals surface area contributed by atoms with Crippen molar-refractivity contribution < 1.29 is 9.47 Å². The lowest BCUT2D eigenvalue weighted by Gasteiger charge is -2.33. The van der Waals surface area contributed by atoms with Crippen molar-refractivity contribution in [3.05, 3.63) is 0 Å². The summed E-state index contributed by atoms with van der Waals surface area (Å²) in [6, 6.07) is 0. The Morgan fingerprint density at radius 1 is 0.812 bits per heavy atom. The highest BCUT2D eigenvalue weighted by atomic mass is 32.2. The fourth-order valence-corrected chi connectivity index (χ4v) is 5.04. The van der Waals surface area contributed by atoms with Crippen molar-refractivity contribution in [1.29, 1.82) is 0 Å². The van der Waals surface area contributed by atoms with Gasteiger partial charge in [0.05, 0.1) is 12.2 Å². The summed E-state index contributed by atoms with van der Waals surface area (Å²) in [7, 11) is 0. The van der Waals surface area contributed by atoms with Crippen LogP contribution in [0, 0.1) is 5.92 Å². The summed E-state index contributed by atoms with van der Waals surface area (Å²) >= 11 is 2.14. The second-order valence-electron chi connectivity index (χ2n) is 5.24. The second kappa shape index (κ2) is 5.28. The van der Waals surface area contributed by atoms with Gasteiger partial charge in [0.25, 0.3) is 0 Å². The fraction of sp³-hybridized carbons (Fsp3) is 1.00. The summed E-state index contributed by atoms with van der Waals surface area (Å²) in [5, 5.41) is 0.727. The van der Waals surface area contributed by atoms with E-state index in [0.29, 0.717) is 12.2 Å². The summed E-state index contributed by atoms with van der Waals surface area (Å²) in [5.41, 5.74) is 0. The van der Waals surface area contributed by atoms with Crippen molar-refractivity contribution in [2.45, 2.75) is 56.0 Å². The van der Waals surface area contributed by atoms with Crippen LogP contribution < -0.4 is 0 Å². The minimum Gasteiger partial charge on any atom is -0.378 e. The van der Waals surface area contributed by atoms with Crippen LogP contribution in [0.2, 0.25) is 0 Å². The van der Waals surface area contributed by atoms with Gasteiger partial charge in [0.15, 0.2) is 0 Å². The maximum Gasteiger partial charge on any atom is 0.0698 e. The van der Waals surface area contributed by atoms with Crippen LogP contribution in [0.4, 0.5) is 0 Å². The van der Waals surface area contributed by atoms with E-state index in [1.807, 2.05) is 0 Å². The molecule has 0 aliphatic carbocycles. The molecule has 3 aliphatic heterocycles. The van der Waals surface area contributed by atoms with Crippen molar-refractivity contribution in [3.63, 3.8) is 0 Å². The minimum atomic E-state index is 0.531. The molecule has 4 unspecified atom stereocenters. The maximum absolute atomic E-state index is 5.98. The van der Waals surface area contributed by atoms with Gasteiger partial charge in [0, 0.05) is 24.4 Å². The highest BCUT2D eigenvalue weighted by molar-refractivity contribution is 8.00. The highest BCUT2D eigenvalue weighted by Crippen LogP contribution is 2.42. The van der Waals surface area contributed by atoms with Crippen LogP contribution in [0.3, 0.4) is 0 Å². The van der Waals surface area contributed by atoms with Crippen LogP contribution in [0.5, 0.6) is 0 Å². The lowest BCUT2D eigenvalue weighted by atomic mass is 9.88. The summed E-state index contributed by atoms with van der Waals surface area (Å²) in [4.78, 5) is 0. The predicted molar refractivity (Wildman–Crippen MR) is 66.9 cm³/mol. The van der Waals surface area contributed by atoms with E-state index in [9.17, 15) is 0 Å². The van der Waals surface area contributed by atoms with Crippen molar-refractivity contribution >= 4 is 11.8 Å². The third kappa shape index (κ3) is 2.27. The topological polar surface area (TPSA) is 18.5 Å². The molecule has 16 heavy (non-hydrogen) atoms. The number of hydrogen-bond acceptors (Lipinski definition) is 3. The molecule has 0 aromatic carbocycles. The smallest absolute Gasteiger partial charge is 0.0698 e. The Balaban J connectivity index is 1.63. The SMILES string of the molecule is C1CCC(C2CCSC2C2CCCO2)OC1. The molecule has 0 spiro atoms. The average molecular weight is 242 g/mol. The van der Waals surface area contributed by atoms with E-state index in [-0.39, 0.29) is 0 Å². The van der Waals surface area contributed by atoms with E-state index >= 15 is 0 Å². The number of thioether (sulfide) groups is 1. The van der Waals surface area contributed by atoms with Gasteiger partial charge in [0.1, 0.15) is 0 Å². The molecule has 0 amide bonds. The van der Waals surface area contributed by atoms with Gasteiger partial charge >= 0.3 is 0 Å². The molecule has 3 heteroatoms. The standard InChI is InChI=1S/C13H22O2S/c1-2-7-14-11(4-1)10-6-9-16-13(10)12-5-3-8-15-12/h10-13H,1-9H2. The molecule has 3 aliphatic rings. The van der Waals surface area contributed by atoms with Crippen molar-refractivity contribution in [1.82, 2.24) is 0 Å². The Morgan fingerprint density at radius 2 is 1.62 bits per heavy atom. The van der Waals surface area contributed by atoms with Crippen molar-refractivity contribution in [3.8, 4) is 0 Å². The van der Waals surface area contributed by atoms with Crippen LogP contribution in [0.25, 0.3) is 0 Å². The quantitative estimate of drug-likeness (QED) is 0.742. The fourth-order valence-electron chi connectivity index (χ4n) is 3.37. The third-order valence-corrected chi connectivity index (χ3v) is 5.72. The molecule has 3 rings (SSSR count). The molecule has 2 nitrogen and oxygen atoms in total. The normalized spacial score (nSPS) is 45.0. The van der Waals surface area contributed by atoms with Gasteiger partial charge in [-0.2, -0.15) is 11.8 Å². The molecule has 92 valence electrons. The van der Waals surface area contributed by atoms with Gasteiger partial charge in [0.2, 0.25) is 0 Å². The first-order valence-corrected chi connectivity index (χ1v) is 7.85. The molecule has 3 heterocycles. The van der Waals surface area contributed by atoms with Crippen LogP contribution >= 0.6 is 11.8 Å². The molecule has 0 bridgehead atoms.